The Labute approximate surface area is 317 Å². The maximum Gasteiger partial charge on any atom is 0.166 e. The molecule has 0 bridgehead atoms. The lowest BCUT2D eigenvalue weighted by molar-refractivity contribution is 0.373. The van der Waals surface area contributed by atoms with Gasteiger partial charge in [0.05, 0.1) is 62.6 Å². The fourth-order valence-corrected chi connectivity index (χ4v) is 5.03. The highest BCUT2D eigenvalue weighted by Crippen LogP contribution is 2.37. The van der Waals surface area contributed by atoms with Crippen LogP contribution in [0.5, 0.6) is 46.0 Å². The van der Waals surface area contributed by atoms with Crippen molar-refractivity contribution in [2.75, 3.05) is 28.4 Å². The molecule has 13 nitrogen and oxygen atoms in total. The number of ether oxygens (including phenoxy) is 5. The number of nitrogens with zero attached hydrogens (tertiary/aromatic N) is 6. The largest absolute Gasteiger partial charge is 0.504 e. The zero-order valence-corrected chi connectivity index (χ0v) is 30.3. The van der Waals surface area contributed by atoms with E-state index in [1.165, 1.54) is 26.6 Å². The first-order chi connectivity index (χ1) is 26.8. The Hall–Kier alpha value is -7.54. The van der Waals surface area contributed by atoms with Gasteiger partial charge in [0.1, 0.15) is 23.0 Å². The van der Waals surface area contributed by atoms with Crippen molar-refractivity contribution in [2.45, 2.75) is 0 Å². The third-order valence-corrected chi connectivity index (χ3v) is 7.92. The highest BCUT2D eigenvalue weighted by atomic mass is 16.5. The normalized spacial score (nSPS) is 11.5. The van der Waals surface area contributed by atoms with Gasteiger partial charge in [0.15, 0.2) is 23.0 Å². The number of benzene rings is 6. The second-order valence-electron chi connectivity index (χ2n) is 11.6. The molecule has 0 aliphatic rings. The van der Waals surface area contributed by atoms with Gasteiger partial charge in [-0.25, -0.2) is 0 Å². The summed E-state index contributed by atoms with van der Waals surface area (Å²) in [5.41, 5.74) is 4.21. The number of hydrogen-bond donors (Lipinski definition) is 2. The molecule has 0 atom stereocenters. The second kappa shape index (κ2) is 17.8. The van der Waals surface area contributed by atoms with Crippen LogP contribution in [0, 0.1) is 0 Å². The van der Waals surface area contributed by atoms with E-state index in [4.69, 9.17) is 23.7 Å². The molecular weight excluding hydrogens is 700 g/mol. The molecule has 0 saturated heterocycles. The standard InChI is InChI=1S/C42H36N6O7/c1-51-35-14-10-30(11-15-35)45-47-33-20-27(41(49)39(23-33)53-3)25-43-29-8-18-37(19-9-29)55-38-7-5-6-32(22-38)44-26-28-21-34(24-40(54-4)42(28)50)48-46-31-12-16-36(52-2)17-13-31/h5-26,49-50H,1-4H3. The first kappa shape index (κ1) is 37.2. The number of aliphatic imine (C=N–C) groups is 2. The van der Waals surface area contributed by atoms with E-state index in [2.05, 4.69) is 30.4 Å². The molecule has 0 radical (unpaired) electrons. The number of rotatable bonds is 14. The molecule has 0 aromatic heterocycles. The second-order valence-corrected chi connectivity index (χ2v) is 11.6. The molecule has 6 rings (SSSR count). The summed E-state index contributed by atoms with van der Waals surface area (Å²) in [6.45, 7) is 0. The van der Waals surface area contributed by atoms with Crippen LogP contribution in [0.3, 0.4) is 0 Å². The minimum absolute atomic E-state index is 0.0746. The number of methoxy groups -OCH3 is 4. The summed E-state index contributed by atoms with van der Waals surface area (Å²) in [6, 6.07) is 35.1. The van der Waals surface area contributed by atoms with E-state index in [-0.39, 0.29) is 23.0 Å². The molecule has 13 heteroatoms. The highest BCUT2D eigenvalue weighted by molar-refractivity contribution is 5.89. The van der Waals surface area contributed by atoms with Crippen LogP contribution in [-0.4, -0.2) is 51.1 Å². The van der Waals surface area contributed by atoms with Crippen LogP contribution in [0.1, 0.15) is 11.1 Å². The molecule has 6 aromatic rings. The molecule has 2 N–H and O–H groups in total. The van der Waals surface area contributed by atoms with Crippen molar-refractivity contribution < 1.29 is 33.9 Å². The zero-order valence-electron chi connectivity index (χ0n) is 30.3. The lowest BCUT2D eigenvalue weighted by Crippen LogP contribution is -1.89. The van der Waals surface area contributed by atoms with Crippen LogP contribution in [0.4, 0.5) is 34.1 Å². The molecule has 0 heterocycles. The van der Waals surface area contributed by atoms with Crippen molar-refractivity contribution in [2.24, 2.45) is 30.4 Å². The number of aromatic hydroxyl groups is 2. The van der Waals surface area contributed by atoms with Crippen LogP contribution in [0.15, 0.2) is 152 Å². The number of phenols is 2. The average Bonchev–Trinajstić information content (AvgIpc) is 3.23. The SMILES string of the molecule is COc1ccc(N=Nc2cc(C=Nc3ccc(Oc4cccc(N=Cc5cc(N=Nc6ccc(OC)cc6)cc(OC)c5O)c4)cc3)c(O)c(OC)c2)cc1. The molecule has 55 heavy (non-hydrogen) atoms. The van der Waals surface area contributed by atoms with Gasteiger partial charge in [0.2, 0.25) is 0 Å². The van der Waals surface area contributed by atoms with Crippen molar-refractivity contribution in [3.05, 3.63) is 132 Å². The summed E-state index contributed by atoms with van der Waals surface area (Å²) in [7, 11) is 6.11. The fraction of sp³-hybridized carbons (Fsp3) is 0.0952. The topological polar surface area (TPSA) is 161 Å². The summed E-state index contributed by atoms with van der Waals surface area (Å²) >= 11 is 0. The van der Waals surface area contributed by atoms with Crippen LogP contribution >= 0.6 is 0 Å². The Morgan fingerprint density at radius 2 is 0.836 bits per heavy atom. The van der Waals surface area contributed by atoms with Crippen LogP contribution in [0.25, 0.3) is 0 Å². The summed E-state index contributed by atoms with van der Waals surface area (Å²) < 4.78 is 27.2. The van der Waals surface area contributed by atoms with Crippen LogP contribution in [-0.2, 0) is 0 Å². The Balaban J connectivity index is 1.12. The molecule has 0 unspecified atom stereocenters. The van der Waals surface area contributed by atoms with Gasteiger partial charge in [-0.05, 0) is 97.1 Å². The van der Waals surface area contributed by atoms with Gasteiger partial charge in [-0.1, -0.05) is 6.07 Å². The van der Waals surface area contributed by atoms with E-state index in [1.54, 1.807) is 123 Å². The quantitative estimate of drug-likeness (QED) is 0.0830. The molecule has 0 spiro atoms. The van der Waals surface area contributed by atoms with Gasteiger partial charge in [-0.15, -0.1) is 0 Å². The van der Waals surface area contributed by atoms with Gasteiger partial charge >= 0.3 is 0 Å². The first-order valence-electron chi connectivity index (χ1n) is 16.7. The third-order valence-electron chi connectivity index (χ3n) is 7.92. The summed E-state index contributed by atoms with van der Waals surface area (Å²) in [5.74, 6) is 2.86. The van der Waals surface area contributed by atoms with Crippen LogP contribution < -0.4 is 23.7 Å². The molecular formula is C42H36N6O7. The predicted molar refractivity (Wildman–Crippen MR) is 211 cm³/mol. The maximum absolute atomic E-state index is 10.8. The van der Waals surface area contributed by atoms with Crippen molar-refractivity contribution in [1.82, 2.24) is 0 Å². The van der Waals surface area contributed by atoms with E-state index in [9.17, 15) is 10.2 Å². The maximum atomic E-state index is 10.8. The van der Waals surface area contributed by atoms with E-state index in [0.717, 1.165) is 0 Å². The van der Waals surface area contributed by atoms with E-state index in [1.807, 2.05) is 12.1 Å². The first-order valence-corrected chi connectivity index (χ1v) is 16.7. The van der Waals surface area contributed by atoms with E-state index in [0.29, 0.717) is 68.2 Å². The van der Waals surface area contributed by atoms with E-state index < -0.39 is 0 Å². The molecule has 0 saturated carbocycles. The van der Waals surface area contributed by atoms with Gasteiger partial charge in [-0.2, -0.15) is 20.5 Å². The van der Waals surface area contributed by atoms with Crippen molar-refractivity contribution in [3.63, 3.8) is 0 Å². The van der Waals surface area contributed by atoms with Gasteiger partial charge < -0.3 is 33.9 Å². The van der Waals surface area contributed by atoms with Gasteiger partial charge in [0.25, 0.3) is 0 Å². The molecule has 0 amide bonds. The lowest BCUT2D eigenvalue weighted by atomic mass is 10.1. The number of azo groups is 2. The fourth-order valence-electron chi connectivity index (χ4n) is 5.03. The molecule has 0 fully saturated rings. The molecule has 0 aliphatic carbocycles. The van der Waals surface area contributed by atoms with Crippen molar-refractivity contribution in [3.8, 4) is 46.0 Å². The minimum atomic E-state index is -0.0814. The summed E-state index contributed by atoms with van der Waals surface area (Å²) in [4.78, 5) is 9.06. The van der Waals surface area contributed by atoms with E-state index >= 15 is 0 Å². The molecule has 276 valence electrons. The Bertz CT molecular complexity index is 2360. The smallest absolute Gasteiger partial charge is 0.166 e. The van der Waals surface area contributed by atoms with Crippen molar-refractivity contribution in [1.29, 1.82) is 0 Å². The third kappa shape index (κ3) is 9.87. The Morgan fingerprint density at radius 3 is 1.31 bits per heavy atom. The molecule has 6 aromatic carbocycles. The monoisotopic (exact) mass is 736 g/mol. The highest BCUT2D eigenvalue weighted by Gasteiger charge is 2.11. The predicted octanol–water partition coefficient (Wildman–Crippen LogP) is 11.3. The molecule has 0 aliphatic heterocycles. The van der Waals surface area contributed by atoms with Gasteiger partial charge in [0, 0.05) is 41.8 Å². The summed E-state index contributed by atoms with van der Waals surface area (Å²) in [6.07, 6.45) is 3.04. The minimum Gasteiger partial charge on any atom is -0.504 e. The Morgan fingerprint density at radius 1 is 0.400 bits per heavy atom. The summed E-state index contributed by atoms with van der Waals surface area (Å²) in [5, 5.41) is 38.6. The van der Waals surface area contributed by atoms with Crippen LogP contribution in [0.2, 0.25) is 0 Å². The Kier molecular flexibility index (Phi) is 12.0. The zero-order chi connectivity index (χ0) is 38.6. The average molecular weight is 737 g/mol. The van der Waals surface area contributed by atoms with Gasteiger partial charge in [-0.3, -0.25) is 9.98 Å². The number of phenolic OH excluding ortho intramolecular Hbond substituents is 2. The lowest BCUT2D eigenvalue weighted by Gasteiger charge is -2.08. The number of hydrogen-bond acceptors (Lipinski definition) is 13. The van der Waals surface area contributed by atoms with Crippen molar-refractivity contribution >= 4 is 46.6 Å².